The Kier molecular flexibility index (Phi) is 5.29. The lowest BCUT2D eigenvalue weighted by molar-refractivity contribution is 0.374. The van der Waals surface area contributed by atoms with Crippen LogP contribution in [-0.2, 0) is 0 Å². The summed E-state index contributed by atoms with van der Waals surface area (Å²) in [6.07, 6.45) is 5.90. The normalized spacial score (nSPS) is 19.5. The molecule has 6 heteroatoms. The molecule has 0 spiro atoms. The standard InChI is InChI=1S/C22H23ClN3O2/c1-28-21-12-14(11-18(23)22(21)27)13-2-7-19-17(10-13)20(8-9-25-19)26-16-5-3-15(24)4-6-16/h2,7,9-12,15-16,27H,3-6,24H2,1H3,(H,25,26)/t15-,16-. The van der Waals surface area contributed by atoms with Crippen molar-refractivity contribution >= 4 is 28.2 Å². The van der Waals surface area contributed by atoms with E-state index in [1.807, 2.05) is 12.1 Å². The Hall–Kier alpha value is -2.50. The highest BCUT2D eigenvalue weighted by Crippen LogP contribution is 2.39. The second-order valence-corrected chi connectivity index (χ2v) is 7.68. The summed E-state index contributed by atoms with van der Waals surface area (Å²) in [5, 5.41) is 14.9. The summed E-state index contributed by atoms with van der Waals surface area (Å²) < 4.78 is 5.23. The van der Waals surface area contributed by atoms with E-state index >= 15 is 0 Å². The van der Waals surface area contributed by atoms with Gasteiger partial charge in [0.1, 0.15) is 0 Å². The lowest BCUT2D eigenvalue weighted by Crippen LogP contribution is -2.32. The van der Waals surface area contributed by atoms with Gasteiger partial charge in [-0.3, -0.25) is 4.98 Å². The van der Waals surface area contributed by atoms with Crippen molar-refractivity contribution in [1.29, 1.82) is 0 Å². The number of anilines is 1. The van der Waals surface area contributed by atoms with Crippen LogP contribution in [0.2, 0.25) is 5.02 Å². The first-order valence-corrected chi connectivity index (χ1v) is 9.82. The fraction of sp³-hybridized carbons (Fsp3) is 0.318. The molecule has 4 N–H and O–H groups in total. The summed E-state index contributed by atoms with van der Waals surface area (Å²) >= 11 is 6.17. The molecule has 0 bridgehead atoms. The molecular formula is C22H23ClN3O2. The molecule has 0 atom stereocenters. The van der Waals surface area contributed by atoms with E-state index in [4.69, 9.17) is 22.1 Å². The van der Waals surface area contributed by atoms with Crippen LogP contribution in [0.25, 0.3) is 22.0 Å². The molecule has 1 aliphatic rings. The van der Waals surface area contributed by atoms with Crippen LogP contribution in [0.15, 0.2) is 36.5 Å². The zero-order valence-corrected chi connectivity index (χ0v) is 16.5. The van der Waals surface area contributed by atoms with Crippen LogP contribution in [-0.4, -0.2) is 29.3 Å². The molecule has 28 heavy (non-hydrogen) atoms. The molecule has 3 aromatic rings. The summed E-state index contributed by atoms with van der Waals surface area (Å²) in [6.45, 7) is 0. The van der Waals surface area contributed by atoms with Gasteiger partial charge in [0.05, 0.1) is 23.3 Å². The van der Waals surface area contributed by atoms with E-state index in [0.717, 1.165) is 53.4 Å². The third-order valence-corrected chi connectivity index (χ3v) is 5.67. The number of benzene rings is 2. The van der Waals surface area contributed by atoms with Crippen molar-refractivity contribution in [1.82, 2.24) is 4.98 Å². The number of fused-ring (bicyclic) bond motifs is 1. The molecule has 0 aliphatic heterocycles. The average molecular weight is 397 g/mol. The van der Waals surface area contributed by atoms with Crippen LogP contribution in [0.4, 0.5) is 5.69 Å². The van der Waals surface area contributed by atoms with Gasteiger partial charge >= 0.3 is 0 Å². The molecule has 1 aromatic heterocycles. The van der Waals surface area contributed by atoms with Gasteiger partial charge in [-0.05, 0) is 61.1 Å². The number of hydrogen-bond donors (Lipinski definition) is 3. The summed E-state index contributed by atoms with van der Waals surface area (Å²) in [7, 11) is 1.51. The van der Waals surface area contributed by atoms with Gasteiger partial charge in [-0.2, -0.15) is 0 Å². The zero-order chi connectivity index (χ0) is 19.7. The highest BCUT2D eigenvalue weighted by Gasteiger charge is 2.19. The molecule has 1 radical (unpaired) electrons. The molecular weight excluding hydrogens is 374 g/mol. The number of nitrogens with two attached hydrogens (primary N) is 1. The number of nitrogens with zero attached hydrogens (tertiary/aromatic N) is 1. The summed E-state index contributed by atoms with van der Waals surface area (Å²) in [4.78, 5) is 4.44. The van der Waals surface area contributed by atoms with E-state index < -0.39 is 0 Å². The number of nitrogens with one attached hydrogen (secondary N) is 1. The van der Waals surface area contributed by atoms with E-state index in [2.05, 4.69) is 22.4 Å². The van der Waals surface area contributed by atoms with E-state index in [-0.39, 0.29) is 10.8 Å². The topological polar surface area (TPSA) is 80.4 Å². The number of methoxy groups -OCH3 is 1. The Morgan fingerprint density at radius 1 is 1.18 bits per heavy atom. The van der Waals surface area contributed by atoms with Crippen LogP contribution in [0, 0.1) is 6.07 Å². The van der Waals surface area contributed by atoms with E-state index in [1.54, 1.807) is 18.3 Å². The Morgan fingerprint density at radius 3 is 2.71 bits per heavy atom. The van der Waals surface area contributed by atoms with Gasteiger partial charge in [-0.15, -0.1) is 0 Å². The van der Waals surface area contributed by atoms with Gasteiger partial charge in [0.25, 0.3) is 0 Å². The minimum atomic E-state index is -0.0541. The third kappa shape index (κ3) is 3.73. The highest BCUT2D eigenvalue weighted by atomic mass is 35.5. The highest BCUT2D eigenvalue weighted by molar-refractivity contribution is 6.32. The molecule has 1 fully saturated rings. The Balaban J connectivity index is 1.71. The van der Waals surface area contributed by atoms with E-state index in [0.29, 0.717) is 17.8 Å². The molecule has 5 nitrogen and oxygen atoms in total. The lowest BCUT2D eigenvalue weighted by atomic mass is 9.91. The van der Waals surface area contributed by atoms with E-state index in [9.17, 15) is 5.11 Å². The summed E-state index contributed by atoms with van der Waals surface area (Å²) in [5.41, 5.74) is 9.70. The minimum Gasteiger partial charge on any atom is -0.503 e. The van der Waals surface area contributed by atoms with Crippen molar-refractivity contribution in [2.24, 2.45) is 5.73 Å². The minimum absolute atomic E-state index is 0.0541. The number of hydrogen-bond acceptors (Lipinski definition) is 5. The SMILES string of the molecule is COc1cc(-c2ccc3nc[c]c(N[C@H]4CC[C@H](N)CC4)c3c2)cc(Cl)c1O. The molecule has 1 heterocycles. The molecule has 2 aromatic carbocycles. The molecule has 0 amide bonds. The molecule has 4 rings (SSSR count). The monoisotopic (exact) mass is 396 g/mol. The smallest absolute Gasteiger partial charge is 0.176 e. The fourth-order valence-electron chi connectivity index (χ4n) is 3.76. The Morgan fingerprint density at radius 2 is 1.96 bits per heavy atom. The van der Waals surface area contributed by atoms with Gasteiger partial charge in [0.2, 0.25) is 0 Å². The Labute approximate surface area is 169 Å². The predicted octanol–water partition coefficient (Wildman–Crippen LogP) is 4.75. The lowest BCUT2D eigenvalue weighted by Gasteiger charge is -2.28. The first kappa shape index (κ1) is 18.8. The first-order chi connectivity index (χ1) is 13.5. The number of aromatic hydroxyl groups is 1. The Bertz CT molecular complexity index is 1000. The van der Waals surface area contributed by atoms with Crippen LogP contribution in [0.3, 0.4) is 0 Å². The number of pyridine rings is 1. The van der Waals surface area contributed by atoms with Crippen LogP contribution < -0.4 is 15.8 Å². The van der Waals surface area contributed by atoms with Gasteiger partial charge in [-0.1, -0.05) is 17.7 Å². The zero-order valence-electron chi connectivity index (χ0n) is 15.7. The maximum Gasteiger partial charge on any atom is 0.176 e. The average Bonchev–Trinajstić information content (AvgIpc) is 2.71. The summed E-state index contributed by atoms with van der Waals surface area (Å²) in [6, 6.07) is 13.5. The first-order valence-electron chi connectivity index (χ1n) is 9.44. The second kappa shape index (κ2) is 7.86. The van der Waals surface area contributed by atoms with Crippen molar-refractivity contribution < 1.29 is 9.84 Å². The quantitative estimate of drug-likeness (QED) is 0.592. The third-order valence-electron chi connectivity index (χ3n) is 5.38. The summed E-state index contributed by atoms with van der Waals surface area (Å²) in [5.74, 6) is 0.291. The van der Waals surface area contributed by atoms with Crippen LogP contribution in [0.1, 0.15) is 25.7 Å². The van der Waals surface area contributed by atoms with Crippen molar-refractivity contribution in [3.8, 4) is 22.6 Å². The van der Waals surface area contributed by atoms with Crippen LogP contribution in [0.5, 0.6) is 11.5 Å². The van der Waals surface area contributed by atoms with Gasteiger partial charge in [-0.25, -0.2) is 0 Å². The van der Waals surface area contributed by atoms with Gasteiger partial charge in [0, 0.05) is 29.7 Å². The number of aromatic nitrogens is 1. The molecule has 1 aliphatic carbocycles. The fourth-order valence-corrected chi connectivity index (χ4v) is 3.97. The van der Waals surface area contributed by atoms with Gasteiger partial charge < -0.3 is 20.9 Å². The molecule has 1 saturated carbocycles. The molecule has 145 valence electrons. The van der Waals surface area contributed by atoms with Crippen molar-refractivity contribution in [3.63, 3.8) is 0 Å². The van der Waals surface area contributed by atoms with Crippen molar-refractivity contribution in [2.75, 3.05) is 12.4 Å². The molecule has 0 saturated heterocycles. The number of phenolic OH excluding ortho intramolecular Hbond substituents is 1. The maximum atomic E-state index is 9.99. The predicted molar refractivity (Wildman–Crippen MR) is 113 cm³/mol. The van der Waals surface area contributed by atoms with Crippen molar-refractivity contribution in [2.45, 2.75) is 37.8 Å². The van der Waals surface area contributed by atoms with Crippen molar-refractivity contribution in [3.05, 3.63) is 47.6 Å². The number of phenols is 1. The largest absolute Gasteiger partial charge is 0.503 e. The maximum absolute atomic E-state index is 9.99. The van der Waals surface area contributed by atoms with Gasteiger partial charge in [0.15, 0.2) is 11.5 Å². The molecule has 0 unspecified atom stereocenters. The number of rotatable bonds is 4. The van der Waals surface area contributed by atoms with E-state index in [1.165, 1.54) is 7.11 Å². The van der Waals surface area contributed by atoms with Crippen LogP contribution >= 0.6 is 11.6 Å². The number of ether oxygens (including phenoxy) is 1. The second-order valence-electron chi connectivity index (χ2n) is 7.27. The number of halogens is 1.